The van der Waals surface area contributed by atoms with E-state index < -0.39 is 10.0 Å². The number of aryl methyl sites for hydroxylation is 2. The lowest BCUT2D eigenvalue weighted by Gasteiger charge is -2.32. The first kappa shape index (κ1) is 31.0. The normalized spacial score (nSPS) is 20.9. The third-order valence-corrected chi connectivity index (χ3v) is 10.7. The number of nitrogens with one attached hydrogen (secondary N) is 1. The predicted octanol–water partition coefficient (Wildman–Crippen LogP) is 5.54. The van der Waals surface area contributed by atoms with Crippen molar-refractivity contribution < 1.29 is 17.9 Å². The van der Waals surface area contributed by atoms with Crippen LogP contribution in [0.4, 0.5) is 11.8 Å². The molecule has 0 radical (unpaired) electrons. The van der Waals surface area contributed by atoms with Crippen molar-refractivity contribution in [3.8, 4) is 17.1 Å². The molecule has 4 bridgehead atoms. The lowest BCUT2D eigenvalue weighted by molar-refractivity contribution is 0.0561. The highest BCUT2D eigenvalue weighted by Gasteiger charge is 2.34. The van der Waals surface area contributed by atoms with Crippen molar-refractivity contribution >= 4 is 27.7 Å². The number of sulfonamides is 1. The average molecular weight is 654 g/mol. The fourth-order valence-electron chi connectivity index (χ4n) is 6.66. The maximum atomic E-state index is 14.4. The Morgan fingerprint density at radius 1 is 0.979 bits per heavy atom. The minimum absolute atomic E-state index is 0.0605. The van der Waals surface area contributed by atoms with Gasteiger partial charge in [-0.25, -0.2) is 23.1 Å². The molecule has 1 saturated heterocycles. The number of carbonyl (C=O) groups is 1. The molecule has 2 fully saturated rings. The number of hydrogen-bond acceptors (Lipinski definition) is 9. The van der Waals surface area contributed by atoms with E-state index in [1.807, 2.05) is 32.0 Å². The second-order valence-electron chi connectivity index (χ2n) is 12.9. The molecule has 2 aromatic carbocycles. The molecule has 11 nitrogen and oxygen atoms in total. The second kappa shape index (κ2) is 12.6. The molecule has 1 amide bonds. The third-order valence-electron chi connectivity index (χ3n) is 9.34. The van der Waals surface area contributed by atoms with Gasteiger partial charge in [-0.05, 0) is 75.3 Å². The number of carbonyl (C=O) groups excluding carboxylic acids is 1. The average Bonchev–Trinajstić information content (AvgIpc) is 3.77. The number of benzene rings is 2. The Morgan fingerprint density at radius 2 is 1.77 bits per heavy atom. The van der Waals surface area contributed by atoms with Crippen LogP contribution in [0.5, 0.6) is 5.88 Å². The number of amides is 1. The van der Waals surface area contributed by atoms with Crippen LogP contribution in [0.1, 0.15) is 66.2 Å². The van der Waals surface area contributed by atoms with Gasteiger partial charge in [-0.2, -0.15) is 4.98 Å². The van der Waals surface area contributed by atoms with E-state index in [1.165, 1.54) is 12.1 Å². The number of anilines is 2. The van der Waals surface area contributed by atoms with Gasteiger partial charge >= 0.3 is 0 Å². The molecule has 4 aromatic rings. The summed E-state index contributed by atoms with van der Waals surface area (Å²) in [5.41, 5.74) is 4.32. The lowest BCUT2D eigenvalue weighted by Crippen LogP contribution is -2.44. The minimum Gasteiger partial charge on any atom is -0.475 e. The minimum atomic E-state index is -4.15. The van der Waals surface area contributed by atoms with Gasteiger partial charge in [-0.3, -0.25) is 9.78 Å². The van der Waals surface area contributed by atoms with E-state index >= 15 is 0 Å². The number of rotatable bonds is 6. The number of aromatic nitrogens is 4. The zero-order valence-corrected chi connectivity index (χ0v) is 27.7. The van der Waals surface area contributed by atoms with Gasteiger partial charge in [0.05, 0.1) is 41.3 Å². The van der Waals surface area contributed by atoms with Crippen LogP contribution in [0.25, 0.3) is 11.3 Å². The molecule has 12 heteroatoms. The highest BCUT2D eigenvalue weighted by molar-refractivity contribution is 7.92. The van der Waals surface area contributed by atoms with Crippen LogP contribution < -0.4 is 14.4 Å². The van der Waals surface area contributed by atoms with Gasteiger partial charge in [-0.1, -0.05) is 37.1 Å². The molecule has 1 aliphatic carbocycles. The molecular formula is C35H39N7O4S. The third kappa shape index (κ3) is 6.64. The molecule has 2 aliphatic heterocycles. The van der Waals surface area contributed by atoms with Crippen LogP contribution in [-0.4, -0.2) is 64.4 Å². The maximum Gasteiger partial charge on any atom is 0.264 e. The van der Waals surface area contributed by atoms with Gasteiger partial charge in [0.25, 0.3) is 15.9 Å². The summed E-state index contributed by atoms with van der Waals surface area (Å²) >= 11 is 0. The van der Waals surface area contributed by atoms with Crippen molar-refractivity contribution in [2.45, 2.75) is 76.4 Å². The van der Waals surface area contributed by atoms with Crippen molar-refractivity contribution in [3.63, 3.8) is 0 Å². The Balaban J connectivity index is 1.32. The summed E-state index contributed by atoms with van der Waals surface area (Å²) < 4.78 is 36.2. The number of hydrogen-bond donors (Lipinski definition) is 1. The van der Waals surface area contributed by atoms with Crippen LogP contribution in [0.3, 0.4) is 0 Å². The summed E-state index contributed by atoms with van der Waals surface area (Å²) in [6.45, 7) is 7.43. The van der Waals surface area contributed by atoms with E-state index in [0.29, 0.717) is 23.3 Å². The summed E-state index contributed by atoms with van der Waals surface area (Å²) in [7, 11) is -4.15. The summed E-state index contributed by atoms with van der Waals surface area (Å²) in [6, 6.07) is 13.8. The highest BCUT2D eigenvalue weighted by atomic mass is 32.2. The van der Waals surface area contributed by atoms with Gasteiger partial charge in [0.15, 0.2) is 0 Å². The van der Waals surface area contributed by atoms with Crippen LogP contribution >= 0.6 is 0 Å². The lowest BCUT2D eigenvalue weighted by atomic mass is 10.00. The van der Waals surface area contributed by atoms with Gasteiger partial charge in [0.1, 0.15) is 12.4 Å². The fourth-order valence-corrected chi connectivity index (χ4v) is 7.65. The summed E-state index contributed by atoms with van der Waals surface area (Å²) in [6.07, 6.45) is 8.59. The van der Waals surface area contributed by atoms with E-state index in [-0.39, 0.29) is 47.4 Å². The van der Waals surface area contributed by atoms with E-state index in [4.69, 9.17) is 9.72 Å². The monoisotopic (exact) mass is 653 g/mol. The van der Waals surface area contributed by atoms with Gasteiger partial charge in [0.2, 0.25) is 11.8 Å². The van der Waals surface area contributed by atoms with Crippen molar-refractivity contribution in [2.75, 3.05) is 22.8 Å². The molecule has 0 unspecified atom stereocenters. The second-order valence-corrected chi connectivity index (χ2v) is 14.6. The molecule has 7 rings (SSSR count). The van der Waals surface area contributed by atoms with Gasteiger partial charge in [0, 0.05) is 29.8 Å². The molecule has 47 heavy (non-hydrogen) atoms. The topological polar surface area (TPSA) is 131 Å². The summed E-state index contributed by atoms with van der Waals surface area (Å²) in [5.74, 6) is 1.09. The molecule has 1 N–H and O–H groups in total. The Morgan fingerprint density at radius 3 is 2.51 bits per heavy atom. The molecular weight excluding hydrogens is 614 g/mol. The van der Waals surface area contributed by atoms with Gasteiger partial charge in [-0.15, -0.1) is 0 Å². The fraction of sp³-hybridized carbons (Fsp3) is 0.400. The Kier molecular flexibility index (Phi) is 8.29. The van der Waals surface area contributed by atoms with Crippen LogP contribution in [0.2, 0.25) is 0 Å². The largest absolute Gasteiger partial charge is 0.475 e. The van der Waals surface area contributed by atoms with Crippen molar-refractivity contribution in [2.24, 2.45) is 5.92 Å². The smallest absolute Gasteiger partial charge is 0.264 e. The SMILES string of the molecule is Cc1cccc(C)c1-c1cc2nc(n1)NS(=O)(=O)c1cccc(c1)C(=O)N(Cc1cncc(N3CCC[C@H]3C)n1)[C@H](CC1CC1)CO2. The van der Waals surface area contributed by atoms with E-state index in [1.54, 1.807) is 35.5 Å². The van der Waals surface area contributed by atoms with E-state index in [9.17, 15) is 13.2 Å². The number of nitrogens with zero attached hydrogens (tertiary/aromatic N) is 6. The first-order valence-electron chi connectivity index (χ1n) is 16.2. The van der Waals surface area contributed by atoms with Crippen molar-refractivity contribution in [1.82, 2.24) is 24.8 Å². The van der Waals surface area contributed by atoms with Crippen molar-refractivity contribution in [1.29, 1.82) is 0 Å². The highest BCUT2D eigenvalue weighted by Crippen LogP contribution is 2.36. The maximum absolute atomic E-state index is 14.4. The van der Waals surface area contributed by atoms with Crippen LogP contribution in [0, 0.1) is 19.8 Å². The quantitative estimate of drug-likeness (QED) is 0.285. The Hall–Kier alpha value is -4.58. The van der Waals surface area contributed by atoms with Crippen LogP contribution in [-0.2, 0) is 16.6 Å². The molecule has 2 aromatic heterocycles. The first-order chi connectivity index (χ1) is 22.6. The standard InChI is InChI=1S/C35H39N7O4S/c1-22-7-4-8-23(2)33(22)30-17-32-39-35(38-30)40-47(44,45)29-11-5-10-26(16-29)34(43)42(28(21-46-32)15-25-12-13-25)20-27-18-36-19-31(37-27)41-14-6-9-24(41)3/h4-5,7-8,10-11,16-19,24-25,28H,6,9,12-15,20-21H2,1-3H3,(H,38,39,40)/t24-,28-/m1/s1. The summed E-state index contributed by atoms with van der Waals surface area (Å²) in [5, 5.41) is 0. The molecule has 1 saturated carbocycles. The Labute approximate surface area is 275 Å². The van der Waals surface area contributed by atoms with Gasteiger partial charge < -0.3 is 14.5 Å². The molecule has 3 aliphatic rings. The van der Waals surface area contributed by atoms with E-state index in [0.717, 1.165) is 61.2 Å². The zero-order valence-electron chi connectivity index (χ0n) is 26.9. The molecule has 244 valence electrons. The number of fused-ring (bicyclic) bond motifs is 4. The predicted molar refractivity (Wildman–Crippen MR) is 179 cm³/mol. The molecule has 2 atom stereocenters. The number of ether oxygens (including phenoxy) is 1. The molecule has 0 spiro atoms. The van der Waals surface area contributed by atoms with Crippen molar-refractivity contribution in [3.05, 3.63) is 83.3 Å². The molecule has 4 heterocycles. The first-order valence-corrected chi connectivity index (χ1v) is 17.7. The van der Waals surface area contributed by atoms with Crippen LogP contribution in [0.15, 0.2) is 65.8 Å². The summed E-state index contributed by atoms with van der Waals surface area (Å²) in [4.78, 5) is 36.9. The zero-order chi connectivity index (χ0) is 32.7. The Bertz CT molecular complexity index is 1910. The van der Waals surface area contributed by atoms with E-state index in [2.05, 4.69) is 31.5 Å².